The minimum atomic E-state index is -3.37. The van der Waals surface area contributed by atoms with Crippen molar-refractivity contribution in [3.8, 4) is 0 Å². The summed E-state index contributed by atoms with van der Waals surface area (Å²) in [4.78, 5) is 11.8. The molecule has 0 saturated heterocycles. The van der Waals surface area contributed by atoms with Crippen molar-refractivity contribution in [1.82, 2.24) is 9.62 Å². The summed E-state index contributed by atoms with van der Waals surface area (Å²) in [7, 11) is -3.37. The summed E-state index contributed by atoms with van der Waals surface area (Å²) in [6.07, 6.45) is 1.74. The summed E-state index contributed by atoms with van der Waals surface area (Å²) in [5, 5.41) is 2.54. The van der Waals surface area contributed by atoms with Crippen molar-refractivity contribution in [2.24, 2.45) is 0 Å². The molecule has 0 atom stereocenters. The minimum Gasteiger partial charge on any atom is -0.351 e. The molecule has 7 heteroatoms. The molecule has 1 amide bonds. The van der Waals surface area contributed by atoms with Gasteiger partial charge in [-0.1, -0.05) is 20.3 Å². The number of benzene rings is 1. The summed E-state index contributed by atoms with van der Waals surface area (Å²) in [6.45, 7) is 4.75. The molecule has 0 aliphatic rings. The summed E-state index contributed by atoms with van der Waals surface area (Å²) in [5.74, 6) is -0.974. The first-order valence-electron chi connectivity index (χ1n) is 7.42. The van der Waals surface area contributed by atoms with Crippen molar-refractivity contribution in [2.45, 2.75) is 26.7 Å². The van der Waals surface area contributed by atoms with Crippen LogP contribution in [-0.2, 0) is 10.0 Å². The van der Waals surface area contributed by atoms with Crippen molar-refractivity contribution in [3.63, 3.8) is 0 Å². The van der Waals surface area contributed by atoms with Crippen LogP contribution in [0.2, 0.25) is 0 Å². The molecule has 1 aromatic rings. The van der Waals surface area contributed by atoms with E-state index in [2.05, 4.69) is 5.32 Å². The predicted molar refractivity (Wildman–Crippen MR) is 84.7 cm³/mol. The Bertz CT molecular complexity index is 573. The Kier molecular flexibility index (Phi) is 7.47. The number of hydrogen-bond acceptors (Lipinski definition) is 3. The summed E-state index contributed by atoms with van der Waals surface area (Å²) in [5.41, 5.74) is 0.303. The molecular weight excluding hydrogens is 307 g/mol. The molecule has 0 aliphatic carbocycles. The second-order valence-electron chi connectivity index (χ2n) is 4.92. The molecular formula is C15H23FN2O3S. The Hall–Kier alpha value is -1.47. The van der Waals surface area contributed by atoms with Crippen LogP contribution in [0.5, 0.6) is 0 Å². The van der Waals surface area contributed by atoms with E-state index >= 15 is 0 Å². The Balaban J connectivity index is 2.51. The molecule has 0 radical (unpaired) electrons. The number of halogens is 1. The molecule has 124 valence electrons. The average molecular weight is 330 g/mol. The molecule has 1 N–H and O–H groups in total. The van der Waals surface area contributed by atoms with Gasteiger partial charge in [0, 0.05) is 25.2 Å². The predicted octanol–water partition coefficient (Wildman–Crippen LogP) is 2.01. The van der Waals surface area contributed by atoms with Gasteiger partial charge in [-0.05, 0) is 30.7 Å². The van der Waals surface area contributed by atoms with E-state index in [1.165, 1.54) is 28.6 Å². The topological polar surface area (TPSA) is 66.5 Å². The molecule has 1 rings (SSSR count). The van der Waals surface area contributed by atoms with Gasteiger partial charge in [-0.3, -0.25) is 4.79 Å². The largest absolute Gasteiger partial charge is 0.351 e. The van der Waals surface area contributed by atoms with Gasteiger partial charge in [-0.2, -0.15) is 0 Å². The van der Waals surface area contributed by atoms with Crippen LogP contribution in [0, 0.1) is 5.82 Å². The normalized spacial score (nSPS) is 11.6. The van der Waals surface area contributed by atoms with Crippen LogP contribution in [0.4, 0.5) is 4.39 Å². The SMILES string of the molecule is CCCCN(CC)S(=O)(=O)CCNC(=O)c1ccc(F)cc1. The Morgan fingerprint density at radius 1 is 1.23 bits per heavy atom. The maximum atomic E-state index is 12.8. The highest BCUT2D eigenvalue weighted by molar-refractivity contribution is 7.89. The van der Waals surface area contributed by atoms with E-state index in [1.54, 1.807) is 6.92 Å². The zero-order chi connectivity index (χ0) is 16.6. The maximum absolute atomic E-state index is 12.8. The number of nitrogens with zero attached hydrogens (tertiary/aromatic N) is 1. The number of sulfonamides is 1. The number of carbonyl (C=O) groups excluding carboxylic acids is 1. The van der Waals surface area contributed by atoms with E-state index in [-0.39, 0.29) is 12.3 Å². The van der Waals surface area contributed by atoms with E-state index in [4.69, 9.17) is 0 Å². The van der Waals surface area contributed by atoms with Crippen LogP contribution < -0.4 is 5.32 Å². The molecule has 0 aliphatic heterocycles. The fourth-order valence-electron chi connectivity index (χ4n) is 1.95. The van der Waals surface area contributed by atoms with E-state index in [0.717, 1.165) is 12.8 Å². The van der Waals surface area contributed by atoms with Crippen LogP contribution in [-0.4, -0.2) is 44.0 Å². The third kappa shape index (κ3) is 5.73. The Morgan fingerprint density at radius 2 is 1.86 bits per heavy atom. The third-order valence-electron chi connectivity index (χ3n) is 3.26. The van der Waals surface area contributed by atoms with Crippen molar-refractivity contribution >= 4 is 15.9 Å². The summed E-state index contributed by atoms with van der Waals surface area (Å²) in [6, 6.07) is 5.10. The minimum absolute atomic E-state index is 0.0289. The van der Waals surface area contributed by atoms with Gasteiger partial charge in [0.15, 0.2) is 0 Å². The van der Waals surface area contributed by atoms with Gasteiger partial charge in [0.2, 0.25) is 10.0 Å². The molecule has 1 aromatic carbocycles. The lowest BCUT2D eigenvalue weighted by atomic mass is 10.2. The molecule has 5 nitrogen and oxygen atoms in total. The smallest absolute Gasteiger partial charge is 0.251 e. The first-order chi connectivity index (χ1) is 10.4. The zero-order valence-electron chi connectivity index (χ0n) is 13.0. The van der Waals surface area contributed by atoms with E-state index in [9.17, 15) is 17.6 Å². The standard InChI is InChI=1S/C15H23FN2O3S/c1-3-5-11-18(4-2)22(20,21)12-10-17-15(19)13-6-8-14(16)9-7-13/h6-9H,3-5,10-12H2,1-2H3,(H,17,19). The summed E-state index contributed by atoms with van der Waals surface area (Å²) >= 11 is 0. The quantitative estimate of drug-likeness (QED) is 0.753. The lowest BCUT2D eigenvalue weighted by molar-refractivity contribution is 0.0956. The molecule has 0 fully saturated rings. The highest BCUT2D eigenvalue weighted by Gasteiger charge is 2.19. The van der Waals surface area contributed by atoms with E-state index < -0.39 is 21.7 Å². The van der Waals surface area contributed by atoms with Crippen LogP contribution in [0.1, 0.15) is 37.0 Å². The number of amides is 1. The van der Waals surface area contributed by atoms with E-state index in [1.807, 2.05) is 6.92 Å². The number of nitrogens with one attached hydrogen (secondary N) is 1. The zero-order valence-corrected chi connectivity index (χ0v) is 13.8. The van der Waals surface area contributed by atoms with Crippen molar-refractivity contribution < 1.29 is 17.6 Å². The molecule has 0 spiro atoms. The van der Waals surface area contributed by atoms with Crippen LogP contribution in [0.3, 0.4) is 0 Å². The second kappa shape index (κ2) is 8.85. The van der Waals surface area contributed by atoms with Gasteiger partial charge in [0.1, 0.15) is 5.82 Å². The number of carbonyl (C=O) groups is 1. The lowest BCUT2D eigenvalue weighted by Crippen LogP contribution is -2.38. The fourth-order valence-corrected chi connectivity index (χ4v) is 3.37. The van der Waals surface area contributed by atoms with Crippen LogP contribution in [0.25, 0.3) is 0 Å². The van der Waals surface area contributed by atoms with Gasteiger partial charge >= 0.3 is 0 Å². The molecule has 0 aromatic heterocycles. The monoisotopic (exact) mass is 330 g/mol. The Morgan fingerprint density at radius 3 is 2.41 bits per heavy atom. The molecule has 0 saturated carbocycles. The highest BCUT2D eigenvalue weighted by Crippen LogP contribution is 2.05. The van der Waals surface area contributed by atoms with Gasteiger partial charge in [0.25, 0.3) is 5.91 Å². The molecule has 0 unspecified atom stereocenters. The Labute approximate surface area is 131 Å². The molecule has 0 heterocycles. The first kappa shape index (κ1) is 18.6. The average Bonchev–Trinajstić information content (AvgIpc) is 2.48. The highest BCUT2D eigenvalue weighted by atomic mass is 32.2. The summed E-state index contributed by atoms with van der Waals surface area (Å²) < 4.78 is 38.5. The number of rotatable bonds is 9. The lowest BCUT2D eigenvalue weighted by Gasteiger charge is -2.20. The van der Waals surface area contributed by atoms with Gasteiger partial charge < -0.3 is 5.32 Å². The fraction of sp³-hybridized carbons (Fsp3) is 0.533. The molecule has 22 heavy (non-hydrogen) atoms. The second-order valence-corrected chi connectivity index (χ2v) is 7.01. The first-order valence-corrected chi connectivity index (χ1v) is 9.03. The van der Waals surface area contributed by atoms with Crippen molar-refractivity contribution in [1.29, 1.82) is 0 Å². The number of hydrogen-bond donors (Lipinski definition) is 1. The molecule has 0 bridgehead atoms. The number of unbranched alkanes of at least 4 members (excludes halogenated alkanes) is 1. The maximum Gasteiger partial charge on any atom is 0.251 e. The van der Waals surface area contributed by atoms with Gasteiger partial charge in [0.05, 0.1) is 5.75 Å². The van der Waals surface area contributed by atoms with Crippen LogP contribution in [0.15, 0.2) is 24.3 Å². The van der Waals surface area contributed by atoms with E-state index in [0.29, 0.717) is 18.7 Å². The van der Waals surface area contributed by atoms with Gasteiger partial charge in [-0.15, -0.1) is 0 Å². The van der Waals surface area contributed by atoms with Gasteiger partial charge in [-0.25, -0.2) is 17.1 Å². The third-order valence-corrected chi connectivity index (χ3v) is 5.21. The van der Waals surface area contributed by atoms with Crippen LogP contribution >= 0.6 is 0 Å². The van der Waals surface area contributed by atoms with Crippen molar-refractivity contribution in [2.75, 3.05) is 25.4 Å². The van der Waals surface area contributed by atoms with Crippen molar-refractivity contribution in [3.05, 3.63) is 35.6 Å².